The van der Waals surface area contributed by atoms with E-state index >= 15 is 0 Å². The summed E-state index contributed by atoms with van der Waals surface area (Å²) in [5.74, 6) is -0.294. The van der Waals surface area contributed by atoms with Crippen molar-refractivity contribution >= 4 is 33.3 Å². The standard InChI is InChI=1S/C36H38O2Si2/c1-39(2,3)33-31(27-19-11-7-12-20-27)32(28-21-13-8-14-22-28)34(40(4,5)6)36(33,30-25-17-10-18-26-30)38-35(37)29-23-15-9-16-24-29/h7-26H,1-6H3. The van der Waals surface area contributed by atoms with Crippen LogP contribution < -0.4 is 0 Å². The van der Waals surface area contributed by atoms with Crippen molar-refractivity contribution in [2.45, 2.75) is 44.9 Å². The number of rotatable bonds is 7. The predicted octanol–water partition coefficient (Wildman–Crippen LogP) is 9.41. The van der Waals surface area contributed by atoms with E-state index in [1.165, 1.54) is 32.7 Å². The van der Waals surface area contributed by atoms with Crippen LogP contribution in [-0.4, -0.2) is 22.1 Å². The van der Waals surface area contributed by atoms with Gasteiger partial charge in [0.05, 0.1) is 21.7 Å². The van der Waals surface area contributed by atoms with Crippen molar-refractivity contribution in [3.05, 3.63) is 154 Å². The highest BCUT2D eigenvalue weighted by atomic mass is 28.3. The van der Waals surface area contributed by atoms with Gasteiger partial charge in [0.25, 0.3) is 0 Å². The Morgan fingerprint density at radius 1 is 0.525 bits per heavy atom. The fourth-order valence-corrected chi connectivity index (χ4v) is 11.1. The van der Waals surface area contributed by atoms with E-state index in [9.17, 15) is 4.79 Å². The summed E-state index contributed by atoms with van der Waals surface area (Å²) in [7, 11) is -4.34. The Labute approximate surface area is 241 Å². The Morgan fingerprint density at radius 2 is 0.875 bits per heavy atom. The molecule has 2 nitrogen and oxygen atoms in total. The maximum absolute atomic E-state index is 14.2. The van der Waals surface area contributed by atoms with E-state index in [4.69, 9.17) is 4.74 Å². The van der Waals surface area contributed by atoms with Gasteiger partial charge >= 0.3 is 5.97 Å². The summed E-state index contributed by atoms with van der Waals surface area (Å²) in [6, 6.07) is 41.3. The Kier molecular flexibility index (Phi) is 7.43. The second-order valence-corrected chi connectivity index (χ2v) is 22.5. The second-order valence-electron chi connectivity index (χ2n) is 12.5. The van der Waals surface area contributed by atoms with Gasteiger partial charge in [0.2, 0.25) is 0 Å². The van der Waals surface area contributed by atoms with Crippen LogP contribution in [0.1, 0.15) is 27.0 Å². The van der Waals surface area contributed by atoms with Crippen molar-refractivity contribution in [2.24, 2.45) is 0 Å². The quantitative estimate of drug-likeness (QED) is 0.167. The molecule has 0 amide bonds. The summed E-state index contributed by atoms with van der Waals surface area (Å²) >= 11 is 0. The van der Waals surface area contributed by atoms with Gasteiger partial charge in [-0.15, -0.1) is 0 Å². The first kappa shape index (κ1) is 27.8. The summed E-state index contributed by atoms with van der Waals surface area (Å²) in [4.78, 5) is 14.2. The van der Waals surface area contributed by atoms with Gasteiger partial charge in [0, 0.05) is 5.56 Å². The number of carbonyl (C=O) groups is 1. The van der Waals surface area contributed by atoms with Gasteiger partial charge in [0.1, 0.15) is 0 Å². The third kappa shape index (κ3) is 4.98. The fraction of sp³-hybridized carbons (Fsp3) is 0.194. The van der Waals surface area contributed by atoms with Gasteiger partial charge in [0.15, 0.2) is 5.60 Å². The Bertz CT molecular complexity index is 1480. The first-order valence-electron chi connectivity index (χ1n) is 14.0. The smallest absolute Gasteiger partial charge is 0.339 e. The minimum absolute atomic E-state index is 0.294. The van der Waals surface area contributed by atoms with Crippen LogP contribution in [0.15, 0.2) is 132 Å². The number of esters is 1. The molecule has 0 aromatic heterocycles. The number of allylic oxidation sites excluding steroid dienone is 2. The molecule has 0 fully saturated rings. The van der Waals surface area contributed by atoms with E-state index in [1.807, 2.05) is 36.4 Å². The molecule has 0 bridgehead atoms. The maximum atomic E-state index is 14.2. The van der Waals surface area contributed by atoms with Crippen molar-refractivity contribution < 1.29 is 9.53 Å². The van der Waals surface area contributed by atoms with E-state index in [-0.39, 0.29) is 5.97 Å². The normalized spacial score (nSPS) is 15.3. The zero-order valence-corrected chi connectivity index (χ0v) is 26.4. The van der Waals surface area contributed by atoms with Crippen LogP contribution >= 0.6 is 0 Å². The van der Waals surface area contributed by atoms with Crippen molar-refractivity contribution in [1.82, 2.24) is 0 Å². The van der Waals surface area contributed by atoms with Gasteiger partial charge in [-0.2, -0.15) is 0 Å². The van der Waals surface area contributed by atoms with Gasteiger partial charge in [-0.05, 0) is 44.8 Å². The molecule has 0 radical (unpaired) electrons. The third-order valence-corrected chi connectivity index (χ3v) is 11.7. The van der Waals surface area contributed by atoms with E-state index in [0.29, 0.717) is 5.56 Å². The molecule has 0 atom stereocenters. The highest BCUT2D eigenvalue weighted by molar-refractivity contribution is 6.89. The molecule has 0 N–H and O–H groups in total. The van der Waals surface area contributed by atoms with Crippen LogP contribution in [0.25, 0.3) is 11.1 Å². The number of ether oxygens (including phenoxy) is 1. The first-order valence-corrected chi connectivity index (χ1v) is 21.0. The molecular weight excluding hydrogens is 521 g/mol. The molecule has 1 aliphatic rings. The zero-order chi connectivity index (χ0) is 28.5. The molecule has 0 heterocycles. The van der Waals surface area contributed by atoms with E-state index < -0.39 is 21.7 Å². The average Bonchev–Trinajstić information content (AvgIpc) is 3.28. The van der Waals surface area contributed by atoms with Gasteiger partial charge in [-0.3, -0.25) is 0 Å². The molecule has 0 saturated heterocycles. The van der Waals surface area contributed by atoms with E-state index in [2.05, 4.69) is 124 Å². The largest absolute Gasteiger partial charge is 0.442 e. The van der Waals surface area contributed by atoms with E-state index in [0.717, 1.165) is 5.56 Å². The number of carbonyl (C=O) groups excluding carboxylic acids is 1. The summed E-state index contributed by atoms with van der Waals surface area (Å²) in [6.07, 6.45) is 0. The Hall–Kier alpha value is -3.74. The molecule has 0 unspecified atom stereocenters. The molecule has 4 heteroatoms. The Morgan fingerprint density at radius 3 is 1.25 bits per heavy atom. The lowest BCUT2D eigenvalue weighted by Crippen LogP contribution is -2.49. The molecule has 4 aromatic rings. The molecule has 1 aliphatic carbocycles. The molecule has 5 rings (SSSR count). The van der Waals surface area contributed by atoms with Crippen molar-refractivity contribution in [2.75, 3.05) is 0 Å². The number of hydrogen-bond acceptors (Lipinski definition) is 2. The minimum atomic E-state index is -2.17. The lowest BCUT2D eigenvalue weighted by molar-refractivity contribution is 0.0165. The summed E-state index contributed by atoms with van der Waals surface area (Å²) in [5.41, 5.74) is 5.39. The van der Waals surface area contributed by atoms with Crippen LogP contribution in [0, 0.1) is 0 Å². The van der Waals surface area contributed by atoms with Crippen molar-refractivity contribution in [3.8, 4) is 0 Å². The molecule has 4 aromatic carbocycles. The second kappa shape index (κ2) is 10.7. The van der Waals surface area contributed by atoms with Crippen LogP contribution in [-0.2, 0) is 10.3 Å². The fourth-order valence-electron chi connectivity index (χ4n) is 6.21. The Balaban J connectivity index is 2.00. The van der Waals surface area contributed by atoms with Gasteiger partial charge in [-0.1, -0.05) is 148 Å². The SMILES string of the molecule is C[Si](C)(C)C1=C(c2ccccc2)C(c2ccccc2)=C([Si](C)(C)C)C1(OC(=O)c1ccccc1)c1ccccc1. The molecular formula is C36H38O2Si2. The molecule has 0 spiro atoms. The third-order valence-electron chi connectivity index (χ3n) is 7.51. The van der Waals surface area contributed by atoms with E-state index in [1.54, 1.807) is 0 Å². The van der Waals surface area contributed by atoms with Crippen molar-refractivity contribution in [1.29, 1.82) is 0 Å². The molecule has 0 aliphatic heterocycles. The highest BCUT2D eigenvalue weighted by Gasteiger charge is 2.58. The maximum Gasteiger partial charge on any atom is 0.339 e. The van der Waals surface area contributed by atoms with Gasteiger partial charge < -0.3 is 4.74 Å². The van der Waals surface area contributed by atoms with Crippen LogP contribution in [0.5, 0.6) is 0 Å². The van der Waals surface area contributed by atoms with Crippen LogP contribution in [0.4, 0.5) is 0 Å². The molecule has 0 saturated carbocycles. The minimum Gasteiger partial charge on any atom is -0.442 e. The predicted molar refractivity (Wildman–Crippen MR) is 173 cm³/mol. The van der Waals surface area contributed by atoms with Crippen molar-refractivity contribution in [3.63, 3.8) is 0 Å². The molecule has 202 valence electrons. The van der Waals surface area contributed by atoms with Gasteiger partial charge in [-0.25, -0.2) is 4.79 Å². The lowest BCUT2D eigenvalue weighted by Gasteiger charge is -2.44. The summed E-state index contributed by atoms with van der Waals surface area (Å²) in [6.45, 7) is 14.3. The van der Waals surface area contributed by atoms with Crippen LogP contribution in [0.3, 0.4) is 0 Å². The number of hydrogen-bond donors (Lipinski definition) is 0. The monoisotopic (exact) mass is 558 g/mol. The summed E-state index contributed by atoms with van der Waals surface area (Å²) in [5, 5.41) is 2.52. The number of benzene rings is 4. The van der Waals surface area contributed by atoms with Crippen LogP contribution in [0.2, 0.25) is 39.3 Å². The zero-order valence-electron chi connectivity index (χ0n) is 24.4. The lowest BCUT2D eigenvalue weighted by atomic mass is 9.93. The first-order chi connectivity index (χ1) is 19.0. The highest BCUT2D eigenvalue weighted by Crippen LogP contribution is 2.60. The molecule has 40 heavy (non-hydrogen) atoms. The topological polar surface area (TPSA) is 26.3 Å². The summed E-state index contributed by atoms with van der Waals surface area (Å²) < 4.78 is 7.07. The average molecular weight is 559 g/mol.